The van der Waals surface area contributed by atoms with E-state index in [1.54, 1.807) is 6.92 Å². The Hall–Kier alpha value is -1.65. The minimum Gasteiger partial charge on any atom is -0.334 e. The molecule has 1 aromatic heterocycles. The molecule has 1 amide bonds. The number of amides is 1. The quantitative estimate of drug-likeness (QED) is 0.930. The minimum atomic E-state index is -0.377. The Bertz CT molecular complexity index is 586. The van der Waals surface area contributed by atoms with Crippen LogP contribution in [0.1, 0.15) is 67.8 Å². The van der Waals surface area contributed by atoms with E-state index in [0.29, 0.717) is 18.2 Å². The summed E-state index contributed by atoms with van der Waals surface area (Å²) in [5.74, 6) is 0.154. The van der Waals surface area contributed by atoms with Crippen LogP contribution in [0.3, 0.4) is 0 Å². The topological polar surface area (TPSA) is 66.1 Å². The molecule has 122 valence electrons. The highest BCUT2D eigenvalue weighted by Gasteiger charge is 2.29. The van der Waals surface area contributed by atoms with E-state index in [-0.39, 0.29) is 23.2 Å². The summed E-state index contributed by atoms with van der Waals surface area (Å²) in [5.41, 5.74) is 1.08. The maximum Gasteiger partial charge on any atom is 0.279 e. The molecule has 5 nitrogen and oxygen atoms in total. The Morgan fingerprint density at radius 1 is 1.27 bits per heavy atom. The fourth-order valence-corrected chi connectivity index (χ4v) is 3.09. The number of carbonyl (C=O) groups excluding carboxylic acids is 1. The van der Waals surface area contributed by atoms with Gasteiger partial charge in [0.25, 0.3) is 11.5 Å². The number of rotatable bonds is 4. The van der Waals surface area contributed by atoms with Crippen molar-refractivity contribution in [3.63, 3.8) is 0 Å². The molecule has 0 unspecified atom stereocenters. The van der Waals surface area contributed by atoms with Gasteiger partial charge in [-0.1, -0.05) is 33.1 Å². The molecule has 1 fully saturated rings. The zero-order chi connectivity index (χ0) is 16.3. The summed E-state index contributed by atoms with van der Waals surface area (Å²) in [6.45, 7) is 8.49. The monoisotopic (exact) mass is 305 g/mol. The van der Waals surface area contributed by atoms with Crippen molar-refractivity contribution in [1.82, 2.24) is 14.9 Å². The number of nitrogens with zero attached hydrogens (tertiary/aromatic N) is 2. The van der Waals surface area contributed by atoms with Gasteiger partial charge in [-0.2, -0.15) is 0 Å². The third kappa shape index (κ3) is 3.76. The number of nitrogens with one attached hydrogen (secondary N) is 1. The van der Waals surface area contributed by atoms with Crippen molar-refractivity contribution in [3.05, 3.63) is 27.4 Å². The number of aromatic nitrogens is 2. The van der Waals surface area contributed by atoms with Crippen molar-refractivity contribution >= 4 is 5.91 Å². The lowest BCUT2D eigenvalue weighted by atomic mass is 9.93. The van der Waals surface area contributed by atoms with Crippen molar-refractivity contribution in [2.75, 3.05) is 6.54 Å². The first-order chi connectivity index (χ1) is 10.4. The fraction of sp³-hybridized carbons (Fsp3) is 0.706. The maximum atomic E-state index is 12.9. The van der Waals surface area contributed by atoms with Crippen LogP contribution in [0.15, 0.2) is 4.79 Å². The second-order valence-electron chi connectivity index (χ2n) is 6.77. The van der Waals surface area contributed by atoms with Gasteiger partial charge in [0.2, 0.25) is 0 Å². The van der Waals surface area contributed by atoms with Gasteiger partial charge in [-0.3, -0.25) is 9.59 Å². The number of aryl methyl sites for hydroxylation is 2. The Kier molecular flexibility index (Phi) is 5.37. The highest BCUT2D eigenvalue weighted by molar-refractivity contribution is 5.92. The number of aromatic amines is 1. The van der Waals surface area contributed by atoms with E-state index in [4.69, 9.17) is 0 Å². The first kappa shape index (κ1) is 16.7. The molecule has 1 heterocycles. The molecule has 0 atom stereocenters. The lowest BCUT2D eigenvalue weighted by molar-refractivity contribution is 0.0596. The van der Waals surface area contributed by atoms with Gasteiger partial charge in [0.05, 0.1) is 5.69 Å². The summed E-state index contributed by atoms with van der Waals surface area (Å²) >= 11 is 0. The molecule has 1 aromatic rings. The second-order valence-corrected chi connectivity index (χ2v) is 6.77. The molecule has 0 bridgehead atoms. The molecule has 5 heteroatoms. The van der Waals surface area contributed by atoms with Crippen LogP contribution in [0, 0.1) is 19.8 Å². The first-order valence-electron chi connectivity index (χ1n) is 8.28. The Labute approximate surface area is 132 Å². The summed E-state index contributed by atoms with van der Waals surface area (Å²) in [6.07, 6.45) is 5.61. The zero-order valence-corrected chi connectivity index (χ0v) is 14.1. The highest BCUT2D eigenvalue weighted by Crippen LogP contribution is 2.24. The molecule has 2 rings (SSSR count). The van der Waals surface area contributed by atoms with Crippen LogP contribution in [0.25, 0.3) is 0 Å². The summed E-state index contributed by atoms with van der Waals surface area (Å²) in [4.78, 5) is 33.9. The standard InChI is InChI=1S/C17H27N3O2/c1-11(2)10-20(14-8-6-5-7-9-14)17(22)15-16(21)19-13(4)12(3)18-15/h11,14H,5-10H2,1-4H3,(H,19,21). The Morgan fingerprint density at radius 3 is 2.50 bits per heavy atom. The fourth-order valence-electron chi connectivity index (χ4n) is 3.09. The molecular weight excluding hydrogens is 278 g/mol. The van der Waals surface area contributed by atoms with Crippen molar-refractivity contribution in [2.24, 2.45) is 5.92 Å². The van der Waals surface area contributed by atoms with Gasteiger partial charge in [-0.05, 0) is 32.6 Å². The molecule has 22 heavy (non-hydrogen) atoms. The second kappa shape index (κ2) is 7.07. The van der Waals surface area contributed by atoms with Crippen molar-refractivity contribution < 1.29 is 4.79 Å². The summed E-state index contributed by atoms with van der Waals surface area (Å²) in [7, 11) is 0. The molecule has 0 aliphatic heterocycles. The molecule has 0 aromatic carbocycles. The zero-order valence-electron chi connectivity index (χ0n) is 14.1. The van der Waals surface area contributed by atoms with E-state index < -0.39 is 0 Å². The van der Waals surface area contributed by atoms with E-state index in [9.17, 15) is 9.59 Å². The Morgan fingerprint density at radius 2 is 1.91 bits per heavy atom. The van der Waals surface area contributed by atoms with E-state index >= 15 is 0 Å². The maximum absolute atomic E-state index is 12.9. The molecule has 0 spiro atoms. The SMILES string of the molecule is Cc1nc(C(=O)N(CC(C)C)C2CCCCC2)c(=O)[nH]c1C. The number of carbonyl (C=O) groups is 1. The average molecular weight is 305 g/mol. The Balaban J connectivity index is 2.32. The first-order valence-corrected chi connectivity index (χ1v) is 8.28. The van der Waals surface area contributed by atoms with Crippen LogP contribution >= 0.6 is 0 Å². The summed E-state index contributed by atoms with van der Waals surface area (Å²) in [6, 6.07) is 0.242. The smallest absolute Gasteiger partial charge is 0.279 e. The number of H-pyrrole nitrogens is 1. The van der Waals surface area contributed by atoms with E-state index in [1.165, 1.54) is 6.42 Å². The lowest BCUT2D eigenvalue weighted by Gasteiger charge is -2.35. The molecular formula is C17H27N3O2. The normalized spacial score (nSPS) is 16.0. The average Bonchev–Trinajstić information content (AvgIpc) is 2.48. The number of hydrogen-bond acceptors (Lipinski definition) is 3. The van der Waals surface area contributed by atoms with Crippen molar-refractivity contribution in [3.8, 4) is 0 Å². The van der Waals surface area contributed by atoms with Gasteiger partial charge >= 0.3 is 0 Å². The summed E-state index contributed by atoms with van der Waals surface area (Å²) in [5, 5.41) is 0. The predicted octanol–water partition coefficient (Wildman–Crippen LogP) is 2.82. The predicted molar refractivity (Wildman–Crippen MR) is 87.1 cm³/mol. The third-order valence-electron chi connectivity index (χ3n) is 4.38. The van der Waals surface area contributed by atoms with Gasteiger partial charge in [-0.25, -0.2) is 4.98 Å². The lowest BCUT2D eigenvalue weighted by Crippen LogP contribution is -2.45. The molecule has 1 aliphatic rings. The van der Waals surface area contributed by atoms with Crippen LogP contribution in [0.5, 0.6) is 0 Å². The minimum absolute atomic E-state index is 0.0364. The van der Waals surface area contributed by atoms with Gasteiger partial charge in [-0.15, -0.1) is 0 Å². The largest absolute Gasteiger partial charge is 0.334 e. The van der Waals surface area contributed by atoms with Gasteiger partial charge < -0.3 is 9.88 Å². The van der Waals surface area contributed by atoms with Crippen LogP contribution in [-0.2, 0) is 0 Å². The van der Waals surface area contributed by atoms with E-state index in [1.807, 2.05) is 11.8 Å². The van der Waals surface area contributed by atoms with Crippen molar-refractivity contribution in [1.29, 1.82) is 0 Å². The third-order valence-corrected chi connectivity index (χ3v) is 4.38. The van der Waals surface area contributed by atoms with E-state index in [0.717, 1.165) is 31.4 Å². The molecule has 1 aliphatic carbocycles. The van der Waals surface area contributed by atoms with Gasteiger partial charge in [0.15, 0.2) is 5.69 Å². The van der Waals surface area contributed by atoms with Gasteiger partial charge in [0, 0.05) is 18.3 Å². The van der Waals surface area contributed by atoms with Crippen LogP contribution in [0.4, 0.5) is 0 Å². The summed E-state index contributed by atoms with van der Waals surface area (Å²) < 4.78 is 0. The molecule has 0 saturated heterocycles. The molecule has 0 radical (unpaired) electrons. The van der Waals surface area contributed by atoms with Crippen LogP contribution in [-0.4, -0.2) is 33.4 Å². The van der Waals surface area contributed by atoms with Crippen LogP contribution < -0.4 is 5.56 Å². The molecule has 1 N–H and O–H groups in total. The number of hydrogen-bond donors (Lipinski definition) is 1. The van der Waals surface area contributed by atoms with Crippen molar-refractivity contribution in [2.45, 2.75) is 65.8 Å². The molecule has 1 saturated carbocycles. The van der Waals surface area contributed by atoms with E-state index in [2.05, 4.69) is 23.8 Å². The van der Waals surface area contributed by atoms with Gasteiger partial charge in [0.1, 0.15) is 0 Å². The van der Waals surface area contributed by atoms with Crippen LogP contribution in [0.2, 0.25) is 0 Å². The highest BCUT2D eigenvalue weighted by atomic mass is 16.2.